The zero-order valence-electron chi connectivity index (χ0n) is 8.37. The summed E-state index contributed by atoms with van der Waals surface area (Å²) in [5.74, 6) is -0.489. The molecule has 0 aromatic heterocycles. The lowest BCUT2D eigenvalue weighted by Crippen LogP contribution is -2.06. The van der Waals surface area contributed by atoms with Crippen molar-refractivity contribution in [2.75, 3.05) is 6.61 Å². The highest BCUT2D eigenvalue weighted by atomic mass is 17.2. The first-order valence-corrected chi connectivity index (χ1v) is 4.35. The smallest absolute Gasteiger partial charge is 0.293 e. The molecule has 1 aromatic rings. The van der Waals surface area contributed by atoms with Crippen molar-refractivity contribution >= 4 is 5.97 Å². The minimum absolute atomic E-state index is 0.108. The van der Waals surface area contributed by atoms with Crippen LogP contribution in [0, 0.1) is 20.8 Å². The van der Waals surface area contributed by atoms with E-state index in [0.29, 0.717) is 5.56 Å². The van der Waals surface area contributed by atoms with E-state index in [1.54, 1.807) is 12.1 Å². The highest BCUT2D eigenvalue weighted by Crippen LogP contribution is 2.10. The average Bonchev–Trinajstić information content (AvgIpc) is 2.18. The van der Waals surface area contributed by atoms with E-state index in [-0.39, 0.29) is 6.61 Å². The Kier molecular flexibility index (Phi) is 3.65. The van der Waals surface area contributed by atoms with Crippen LogP contribution in [0.3, 0.4) is 0 Å². The number of hydrogen-bond donors (Lipinski definition) is 0. The molecule has 0 heterocycles. The molecule has 0 atom stereocenters. The average molecular weight is 193 g/mol. The van der Waals surface area contributed by atoms with Crippen molar-refractivity contribution in [3.05, 3.63) is 41.8 Å². The van der Waals surface area contributed by atoms with Crippen LogP contribution in [0.2, 0.25) is 0 Å². The maximum absolute atomic E-state index is 11.3. The monoisotopic (exact) mass is 193 g/mol. The Hall–Kier alpha value is -1.35. The molecule has 0 spiro atoms. The molecule has 0 aliphatic carbocycles. The molecule has 0 saturated carbocycles. The molecule has 14 heavy (non-hydrogen) atoms. The third kappa shape index (κ3) is 2.57. The van der Waals surface area contributed by atoms with E-state index < -0.39 is 5.97 Å². The zero-order valence-corrected chi connectivity index (χ0v) is 8.37. The lowest BCUT2D eigenvalue weighted by Gasteiger charge is -2.04. The van der Waals surface area contributed by atoms with E-state index in [1.165, 1.54) is 0 Å². The van der Waals surface area contributed by atoms with Crippen molar-refractivity contribution < 1.29 is 14.6 Å². The second-order valence-electron chi connectivity index (χ2n) is 2.99. The molecule has 0 N–H and O–H groups in total. The lowest BCUT2D eigenvalue weighted by molar-refractivity contribution is -0.232. The Labute approximate surface area is 83.6 Å². The molecule has 3 heteroatoms. The largest absolute Gasteiger partial charge is 0.373 e. The molecule has 75 valence electrons. The van der Waals surface area contributed by atoms with E-state index in [1.807, 2.05) is 19.9 Å². The summed E-state index contributed by atoms with van der Waals surface area (Å²) in [6, 6.07) is 5.34. The fourth-order valence-corrected chi connectivity index (χ4v) is 1.01. The maximum atomic E-state index is 11.3. The number of benzene rings is 1. The van der Waals surface area contributed by atoms with E-state index >= 15 is 0 Å². The summed E-state index contributed by atoms with van der Waals surface area (Å²) in [4.78, 5) is 20.2. The number of carbonyl (C=O) groups is 1. The summed E-state index contributed by atoms with van der Waals surface area (Å²) < 4.78 is 0. The van der Waals surface area contributed by atoms with Crippen LogP contribution in [0.5, 0.6) is 0 Å². The molecule has 1 radical (unpaired) electrons. The summed E-state index contributed by atoms with van der Waals surface area (Å²) in [5, 5.41) is 0. The van der Waals surface area contributed by atoms with Crippen LogP contribution in [0.25, 0.3) is 0 Å². The van der Waals surface area contributed by atoms with Crippen LogP contribution in [-0.4, -0.2) is 12.6 Å². The second kappa shape index (κ2) is 4.77. The highest BCUT2D eigenvalue weighted by molar-refractivity contribution is 5.89. The van der Waals surface area contributed by atoms with Gasteiger partial charge in [-0.25, -0.2) is 4.79 Å². The van der Waals surface area contributed by atoms with Gasteiger partial charge >= 0.3 is 5.97 Å². The maximum Gasteiger partial charge on any atom is 0.373 e. The van der Waals surface area contributed by atoms with Gasteiger partial charge in [-0.05, 0) is 44.0 Å². The number of aryl methyl sites for hydroxylation is 2. The molecule has 1 aromatic carbocycles. The standard InChI is InChI=1S/C11H13O3/c1-4-13-14-11(12)10-6-5-8(2)9(3)7-10/h5-7H,1,4H2,2-3H3. The molecule has 0 bridgehead atoms. The SMILES string of the molecule is [CH2]COOC(=O)c1ccc(C)c(C)c1. The van der Waals surface area contributed by atoms with Gasteiger partial charge in [-0.1, -0.05) is 6.07 Å². The Bertz CT molecular complexity index is 331. The van der Waals surface area contributed by atoms with Gasteiger partial charge in [-0.15, -0.1) is 0 Å². The quantitative estimate of drug-likeness (QED) is 0.545. The van der Waals surface area contributed by atoms with Gasteiger partial charge in [0.2, 0.25) is 0 Å². The minimum Gasteiger partial charge on any atom is -0.293 e. The van der Waals surface area contributed by atoms with Crippen LogP contribution in [-0.2, 0) is 9.78 Å². The molecule has 0 aliphatic heterocycles. The summed E-state index contributed by atoms with van der Waals surface area (Å²) in [6.45, 7) is 7.41. The van der Waals surface area contributed by atoms with E-state index in [2.05, 4.69) is 16.7 Å². The van der Waals surface area contributed by atoms with Crippen molar-refractivity contribution in [2.24, 2.45) is 0 Å². The van der Waals surface area contributed by atoms with Crippen molar-refractivity contribution in [1.29, 1.82) is 0 Å². The van der Waals surface area contributed by atoms with Crippen LogP contribution in [0.1, 0.15) is 21.5 Å². The van der Waals surface area contributed by atoms with Crippen LogP contribution in [0.15, 0.2) is 18.2 Å². The van der Waals surface area contributed by atoms with E-state index in [9.17, 15) is 4.79 Å². The first-order chi connectivity index (χ1) is 6.65. The second-order valence-corrected chi connectivity index (χ2v) is 2.99. The zero-order chi connectivity index (χ0) is 10.6. The molecule has 3 nitrogen and oxygen atoms in total. The first-order valence-electron chi connectivity index (χ1n) is 4.35. The van der Waals surface area contributed by atoms with Crippen LogP contribution in [0.4, 0.5) is 0 Å². The first kappa shape index (κ1) is 10.7. The summed E-state index contributed by atoms with van der Waals surface area (Å²) >= 11 is 0. The van der Waals surface area contributed by atoms with Crippen molar-refractivity contribution in [2.45, 2.75) is 13.8 Å². The molecule has 0 unspecified atom stereocenters. The topological polar surface area (TPSA) is 35.5 Å². The highest BCUT2D eigenvalue weighted by Gasteiger charge is 2.08. The van der Waals surface area contributed by atoms with Gasteiger partial charge in [0.25, 0.3) is 0 Å². The van der Waals surface area contributed by atoms with Gasteiger partial charge in [-0.2, -0.15) is 4.89 Å². The van der Waals surface area contributed by atoms with Gasteiger partial charge in [0.1, 0.15) is 0 Å². The summed E-state index contributed by atoms with van der Waals surface area (Å²) in [5.41, 5.74) is 2.68. The van der Waals surface area contributed by atoms with Gasteiger partial charge in [0.15, 0.2) is 0 Å². The fraction of sp³-hybridized carbons (Fsp3) is 0.273. The molecule has 0 fully saturated rings. The molecule has 0 saturated heterocycles. The Balaban J connectivity index is 2.76. The van der Waals surface area contributed by atoms with Crippen molar-refractivity contribution in [3.8, 4) is 0 Å². The number of rotatable bonds is 3. The predicted octanol–water partition coefficient (Wildman–Crippen LogP) is 2.23. The van der Waals surface area contributed by atoms with E-state index in [4.69, 9.17) is 0 Å². The number of carbonyl (C=O) groups excluding carboxylic acids is 1. The molecule has 0 aliphatic rings. The molecule has 1 rings (SSSR count). The normalized spacial score (nSPS) is 9.93. The Morgan fingerprint density at radius 2 is 2.07 bits per heavy atom. The Morgan fingerprint density at radius 3 is 2.64 bits per heavy atom. The lowest BCUT2D eigenvalue weighted by atomic mass is 10.1. The van der Waals surface area contributed by atoms with Gasteiger partial charge in [0, 0.05) is 0 Å². The Morgan fingerprint density at radius 1 is 1.36 bits per heavy atom. The van der Waals surface area contributed by atoms with Crippen molar-refractivity contribution in [1.82, 2.24) is 0 Å². The summed E-state index contributed by atoms with van der Waals surface area (Å²) in [7, 11) is 0. The molecular formula is C11H13O3. The van der Waals surface area contributed by atoms with Gasteiger partial charge in [0.05, 0.1) is 12.2 Å². The minimum atomic E-state index is -0.489. The van der Waals surface area contributed by atoms with Crippen molar-refractivity contribution in [3.63, 3.8) is 0 Å². The van der Waals surface area contributed by atoms with Crippen LogP contribution >= 0.6 is 0 Å². The molecular weight excluding hydrogens is 180 g/mol. The number of hydrogen-bond acceptors (Lipinski definition) is 3. The fourth-order valence-electron chi connectivity index (χ4n) is 1.01. The van der Waals surface area contributed by atoms with Gasteiger partial charge < -0.3 is 0 Å². The molecule has 0 amide bonds. The third-order valence-corrected chi connectivity index (χ3v) is 1.96. The summed E-state index contributed by atoms with van der Waals surface area (Å²) in [6.07, 6.45) is 0. The van der Waals surface area contributed by atoms with E-state index in [0.717, 1.165) is 11.1 Å². The van der Waals surface area contributed by atoms with Gasteiger partial charge in [-0.3, -0.25) is 4.89 Å². The third-order valence-electron chi connectivity index (χ3n) is 1.96. The van der Waals surface area contributed by atoms with Crippen LogP contribution < -0.4 is 0 Å². The predicted molar refractivity (Wildman–Crippen MR) is 52.6 cm³/mol.